The maximum atomic E-state index is 14.0. The Hall–Kier alpha value is -4.16. The Kier molecular flexibility index (Phi) is 9.70. The van der Waals surface area contributed by atoms with E-state index in [-0.39, 0.29) is 35.3 Å². The van der Waals surface area contributed by atoms with Crippen LogP contribution in [0.1, 0.15) is 55.3 Å². The van der Waals surface area contributed by atoms with Crippen LogP contribution in [0.3, 0.4) is 0 Å². The first-order valence-corrected chi connectivity index (χ1v) is 16.7. The molecule has 0 spiro atoms. The van der Waals surface area contributed by atoms with Gasteiger partial charge in [-0.3, -0.25) is 14.7 Å². The molecule has 0 bridgehead atoms. The molecular formula is C35H46N6O6. The number of carbonyl (C=O) groups is 2. The number of H-pyrrole nitrogens is 1. The number of aryl methyl sites for hydroxylation is 2. The van der Waals surface area contributed by atoms with Crippen molar-refractivity contribution in [3.05, 3.63) is 69.6 Å². The lowest BCUT2D eigenvalue weighted by atomic mass is 9.89. The summed E-state index contributed by atoms with van der Waals surface area (Å²) in [4.78, 5) is 49.0. The van der Waals surface area contributed by atoms with E-state index in [9.17, 15) is 19.5 Å². The second-order valence-corrected chi connectivity index (χ2v) is 13.4. The summed E-state index contributed by atoms with van der Waals surface area (Å²) in [6.45, 7) is 10.8. The lowest BCUT2D eigenvalue weighted by Crippen LogP contribution is -2.59. The summed E-state index contributed by atoms with van der Waals surface area (Å²) in [7, 11) is 0. The van der Waals surface area contributed by atoms with E-state index in [2.05, 4.69) is 21.9 Å². The zero-order valence-electron chi connectivity index (χ0n) is 27.6. The highest BCUT2D eigenvalue weighted by Crippen LogP contribution is 2.30. The molecule has 3 saturated heterocycles. The second-order valence-electron chi connectivity index (χ2n) is 13.4. The molecule has 2 amide bonds. The van der Waals surface area contributed by atoms with Gasteiger partial charge in [0.05, 0.1) is 6.04 Å². The summed E-state index contributed by atoms with van der Waals surface area (Å²) in [5, 5.41) is 14.9. The topological polar surface area (TPSA) is 133 Å². The molecule has 47 heavy (non-hydrogen) atoms. The van der Waals surface area contributed by atoms with E-state index in [1.54, 1.807) is 4.90 Å². The SMILES string of the molecule is Cc1cc(C[C@@H](OC(=O)N2CCC(n3nc(-c4ccccc4)[nH]c3=O)CC2)C(=O)N2CCN(C3(C)CCOCC3)CC2)cc(C)c1O. The van der Waals surface area contributed by atoms with Gasteiger partial charge in [0.25, 0.3) is 5.91 Å². The highest BCUT2D eigenvalue weighted by molar-refractivity contribution is 5.84. The van der Waals surface area contributed by atoms with Crippen LogP contribution >= 0.6 is 0 Å². The molecule has 1 aromatic heterocycles. The fourth-order valence-corrected chi connectivity index (χ4v) is 7.15. The quantitative estimate of drug-likeness (QED) is 0.398. The number of piperazine rings is 1. The smallest absolute Gasteiger partial charge is 0.410 e. The zero-order valence-corrected chi connectivity index (χ0v) is 27.6. The number of ether oxygens (including phenoxy) is 2. The van der Waals surface area contributed by atoms with Crippen molar-refractivity contribution in [2.24, 2.45) is 0 Å². The molecule has 3 aliphatic heterocycles. The van der Waals surface area contributed by atoms with Crippen molar-refractivity contribution in [1.82, 2.24) is 29.5 Å². The highest BCUT2D eigenvalue weighted by Gasteiger charge is 2.38. The van der Waals surface area contributed by atoms with Crippen LogP contribution in [0, 0.1) is 13.8 Å². The van der Waals surface area contributed by atoms with Crippen molar-refractivity contribution in [3.63, 3.8) is 0 Å². The minimum absolute atomic E-state index is 0.0661. The molecule has 3 fully saturated rings. The van der Waals surface area contributed by atoms with Crippen molar-refractivity contribution >= 4 is 12.0 Å². The molecule has 4 heterocycles. The maximum Gasteiger partial charge on any atom is 0.410 e. The average molecular weight is 647 g/mol. The first-order chi connectivity index (χ1) is 22.6. The van der Waals surface area contributed by atoms with E-state index in [1.165, 1.54) is 4.68 Å². The standard InChI is InChI=1S/C35H46N6O6/c1-24-21-26(22-25(2)30(24)42)23-29(32(43)38-15-17-40(18-16-38)35(3)11-19-46-20-12-35)47-34(45)39-13-9-28(10-14-39)41-33(44)36-31(37-41)27-7-5-4-6-8-27/h4-8,21-22,28-29,42H,9-20,23H2,1-3H3,(H,36,37,44)/t29-/m1/s1. The minimum Gasteiger partial charge on any atom is -0.507 e. The number of aromatic nitrogens is 3. The maximum absolute atomic E-state index is 14.0. The number of hydrogen-bond acceptors (Lipinski definition) is 8. The van der Waals surface area contributed by atoms with Gasteiger partial charge in [-0.25, -0.2) is 14.3 Å². The summed E-state index contributed by atoms with van der Waals surface area (Å²) < 4.78 is 13.1. The summed E-state index contributed by atoms with van der Waals surface area (Å²) in [6, 6.07) is 13.0. The van der Waals surface area contributed by atoms with Gasteiger partial charge in [0.15, 0.2) is 11.9 Å². The number of phenolic OH excluding ortho intramolecular Hbond substituents is 1. The molecule has 0 unspecified atom stereocenters. The Bertz CT molecular complexity index is 1590. The van der Waals surface area contributed by atoms with Gasteiger partial charge in [-0.05, 0) is 63.1 Å². The molecule has 6 rings (SSSR count). The number of hydrogen-bond donors (Lipinski definition) is 2. The van der Waals surface area contributed by atoms with Crippen LogP contribution in [0.15, 0.2) is 47.3 Å². The van der Waals surface area contributed by atoms with Crippen molar-refractivity contribution < 1.29 is 24.2 Å². The van der Waals surface area contributed by atoms with E-state index >= 15 is 0 Å². The van der Waals surface area contributed by atoms with Crippen LogP contribution in [-0.2, 0) is 20.7 Å². The fraction of sp³-hybridized carbons (Fsp3) is 0.543. The van der Waals surface area contributed by atoms with E-state index in [0.29, 0.717) is 56.0 Å². The van der Waals surface area contributed by atoms with Gasteiger partial charge in [0, 0.05) is 70.0 Å². The number of aromatic hydroxyl groups is 1. The third kappa shape index (κ3) is 7.23. The fourth-order valence-electron chi connectivity index (χ4n) is 7.15. The Morgan fingerprint density at radius 2 is 1.64 bits per heavy atom. The molecule has 252 valence electrons. The largest absolute Gasteiger partial charge is 0.507 e. The molecule has 3 aromatic rings. The number of piperidine rings is 1. The van der Waals surface area contributed by atoms with E-state index in [4.69, 9.17) is 9.47 Å². The Balaban J connectivity index is 1.11. The van der Waals surface area contributed by atoms with Gasteiger partial charge in [0.1, 0.15) is 5.75 Å². The molecule has 2 aromatic carbocycles. The Morgan fingerprint density at radius 1 is 1.00 bits per heavy atom. The lowest BCUT2D eigenvalue weighted by Gasteiger charge is -2.48. The Labute approximate surface area is 275 Å². The van der Waals surface area contributed by atoms with Crippen LogP contribution in [0.4, 0.5) is 4.79 Å². The minimum atomic E-state index is -1.00. The molecule has 12 heteroatoms. The number of carbonyl (C=O) groups excluding carboxylic acids is 2. The van der Waals surface area contributed by atoms with Crippen LogP contribution in [-0.4, -0.2) is 111 Å². The van der Waals surface area contributed by atoms with E-state index in [0.717, 1.165) is 50.3 Å². The van der Waals surface area contributed by atoms with E-state index < -0.39 is 12.2 Å². The van der Waals surface area contributed by atoms with Gasteiger partial charge >= 0.3 is 11.8 Å². The number of phenols is 1. The molecule has 1 atom stereocenters. The molecule has 0 radical (unpaired) electrons. The molecule has 12 nitrogen and oxygen atoms in total. The number of nitrogens with zero attached hydrogens (tertiary/aromatic N) is 5. The molecule has 3 aliphatic rings. The summed E-state index contributed by atoms with van der Waals surface area (Å²) >= 11 is 0. The van der Waals surface area contributed by atoms with Crippen LogP contribution in [0.25, 0.3) is 11.4 Å². The number of nitrogens with one attached hydrogen (secondary N) is 1. The molecular weight excluding hydrogens is 600 g/mol. The third-order valence-electron chi connectivity index (χ3n) is 10.2. The van der Waals surface area contributed by atoms with Crippen molar-refractivity contribution in [2.75, 3.05) is 52.5 Å². The Morgan fingerprint density at radius 3 is 2.28 bits per heavy atom. The molecule has 0 aliphatic carbocycles. The second kappa shape index (κ2) is 13.9. The van der Waals surface area contributed by atoms with Gasteiger partial charge in [0.2, 0.25) is 0 Å². The summed E-state index contributed by atoms with van der Waals surface area (Å²) in [5.41, 5.74) is 2.86. The van der Waals surface area contributed by atoms with Gasteiger partial charge < -0.3 is 24.4 Å². The van der Waals surface area contributed by atoms with E-state index in [1.807, 2.05) is 61.2 Å². The molecule has 2 N–H and O–H groups in total. The summed E-state index contributed by atoms with van der Waals surface area (Å²) in [6.07, 6.45) is 1.69. The van der Waals surface area contributed by atoms with Crippen molar-refractivity contribution in [1.29, 1.82) is 0 Å². The number of benzene rings is 2. The van der Waals surface area contributed by atoms with Crippen LogP contribution < -0.4 is 5.69 Å². The predicted molar refractivity (Wildman–Crippen MR) is 176 cm³/mol. The summed E-state index contributed by atoms with van der Waals surface area (Å²) in [5.74, 6) is 0.534. The van der Waals surface area contributed by atoms with Gasteiger partial charge in [-0.2, -0.15) is 0 Å². The number of aromatic amines is 1. The predicted octanol–water partition coefficient (Wildman–Crippen LogP) is 3.66. The lowest BCUT2D eigenvalue weighted by molar-refractivity contribution is -0.144. The van der Waals surface area contributed by atoms with Crippen LogP contribution in [0.2, 0.25) is 0 Å². The molecule has 0 saturated carbocycles. The van der Waals surface area contributed by atoms with Gasteiger partial charge in [-0.15, -0.1) is 5.10 Å². The first-order valence-electron chi connectivity index (χ1n) is 16.7. The first kappa shape index (κ1) is 32.8. The average Bonchev–Trinajstić information content (AvgIpc) is 3.48. The zero-order chi connectivity index (χ0) is 33.1. The number of amides is 2. The van der Waals surface area contributed by atoms with Crippen molar-refractivity contribution in [3.8, 4) is 17.1 Å². The van der Waals surface area contributed by atoms with Gasteiger partial charge in [-0.1, -0.05) is 42.5 Å². The highest BCUT2D eigenvalue weighted by atomic mass is 16.6. The normalized spacial score (nSPS) is 19.8. The van der Waals surface area contributed by atoms with Crippen LogP contribution in [0.5, 0.6) is 5.75 Å². The number of likely N-dealkylation sites (tertiary alicyclic amines) is 1. The third-order valence-corrected chi connectivity index (χ3v) is 10.2. The monoisotopic (exact) mass is 646 g/mol. The van der Waals surface area contributed by atoms with Crippen molar-refractivity contribution in [2.45, 2.75) is 70.6 Å². The number of rotatable bonds is 7.